The van der Waals surface area contributed by atoms with Crippen LogP contribution in [0.15, 0.2) is 12.5 Å². The zero-order valence-electron chi connectivity index (χ0n) is 6.23. The molecule has 2 aromatic heterocycles. The van der Waals surface area contributed by atoms with E-state index in [1.807, 2.05) is 0 Å². The second-order valence-electron chi connectivity index (χ2n) is 2.12. The van der Waals surface area contributed by atoms with Gasteiger partial charge in [-0.3, -0.25) is 0 Å². The van der Waals surface area contributed by atoms with E-state index in [1.165, 1.54) is 19.6 Å². The fourth-order valence-electron chi connectivity index (χ4n) is 0.921. The van der Waals surface area contributed by atoms with Gasteiger partial charge in [0, 0.05) is 0 Å². The Balaban J connectivity index is 2.82. The van der Waals surface area contributed by atoms with Gasteiger partial charge in [0.25, 0.3) is 0 Å². The number of fused-ring (bicyclic) bond motifs is 1. The minimum absolute atomic E-state index is 0.416. The van der Waals surface area contributed by atoms with Crippen molar-refractivity contribution in [3.8, 4) is 6.01 Å². The second kappa shape index (κ2) is 2.60. The molecule has 0 amide bonds. The number of hydrogen-bond acceptors (Lipinski definition) is 4. The molecule has 0 bridgehead atoms. The van der Waals surface area contributed by atoms with Crippen LogP contribution >= 0.6 is 11.6 Å². The number of hydrogen-bond donors (Lipinski definition) is 0. The summed E-state index contributed by atoms with van der Waals surface area (Å²) in [6.45, 7) is 0. The predicted molar refractivity (Wildman–Crippen MR) is 42.3 cm³/mol. The Labute approximate surface area is 73.0 Å². The molecule has 2 aromatic rings. The quantitative estimate of drug-likeness (QED) is 0.658. The van der Waals surface area contributed by atoms with E-state index in [1.54, 1.807) is 4.40 Å². The first kappa shape index (κ1) is 7.30. The van der Waals surface area contributed by atoms with Gasteiger partial charge in [0.1, 0.15) is 11.3 Å². The van der Waals surface area contributed by atoms with Crippen LogP contribution in [0.2, 0.25) is 5.02 Å². The van der Waals surface area contributed by atoms with Crippen LogP contribution < -0.4 is 4.74 Å². The molecule has 0 unspecified atom stereocenters. The van der Waals surface area contributed by atoms with Crippen LogP contribution in [-0.4, -0.2) is 26.7 Å². The molecule has 0 aromatic carbocycles. The van der Waals surface area contributed by atoms with Crippen LogP contribution in [-0.2, 0) is 0 Å². The molecular formula is C6H5ClN4O. The van der Waals surface area contributed by atoms with Crippen LogP contribution in [0.1, 0.15) is 0 Å². The summed E-state index contributed by atoms with van der Waals surface area (Å²) in [6.07, 6.45) is 2.97. The lowest BCUT2D eigenvalue weighted by atomic mass is 10.6. The highest BCUT2D eigenvalue weighted by molar-refractivity contribution is 6.33. The molecule has 6 heteroatoms. The smallest absolute Gasteiger partial charge is 0.303 e. The van der Waals surface area contributed by atoms with E-state index in [9.17, 15) is 0 Å². The topological polar surface area (TPSA) is 52.3 Å². The molecule has 0 spiro atoms. The summed E-state index contributed by atoms with van der Waals surface area (Å²) < 4.78 is 6.53. The SMILES string of the molecule is COc1ncc(Cl)c2nncn12. The lowest BCUT2D eigenvalue weighted by Gasteiger charge is -2.00. The Kier molecular flexibility index (Phi) is 1.58. The van der Waals surface area contributed by atoms with E-state index in [2.05, 4.69) is 15.2 Å². The lowest BCUT2D eigenvalue weighted by molar-refractivity contribution is 0.374. The normalized spacial score (nSPS) is 10.5. The van der Waals surface area contributed by atoms with E-state index in [0.717, 1.165) is 0 Å². The summed E-state index contributed by atoms with van der Waals surface area (Å²) in [5, 5.41) is 7.92. The van der Waals surface area contributed by atoms with Gasteiger partial charge < -0.3 is 4.74 Å². The van der Waals surface area contributed by atoms with Crippen molar-refractivity contribution >= 4 is 17.2 Å². The van der Waals surface area contributed by atoms with Gasteiger partial charge in [-0.1, -0.05) is 11.6 Å². The number of methoxy groups -OCH3 is 1. The summed E-state index contributed by atoms with van der Waals surface area (Å²) in [5.41, 5.74) is 0.545. The standard InChI is InChI=1S/C6H5ClN4O/c1-12-6-8-2-4(7)5-10-9-3-11(5)6/h2-3H,1H3. The van der Waals surface area contributed by atoms with Crippen molar-refractivity contribution in [1.29, 1.82) is 0 Å². The fourth-order valence-corrected chi connectivity index (χ4v) is 1.10. The Hall–Kier alpha value is -1.36. The molecule has 0 N–H and O–H groups in total. The fraction of sp³-hybridized carbons (Fsp3) is 0.167. The van der Waals surface area contributed by atoms with E-state index in [-0.39, 0.29) is 0 Å². The Bertz CT molecular complexity index is 413. The summed E-state index contributed by atoms with van der Waals surface area (Å²) in [7, 11) is 1.52. The van der Waals surface area contributed by atoms with Gasteiger partial charge in [-0.05, 0) is 0 Å². The predicted octanol–water partition coefficient (Wildman–Crippen LogP) is 0.786. The molecule has 0 atom stereocenters. The average molecular weight is 185 g/mol. The van der Waals surface area contributed by atoms with E-state index in [4.69, 9.17) is 16.3 Å². The van der Waals surface area contributed by atoms with Gasteiger partial charge in [0.05, 0.1) is 13.3 Å². The van der Waals surface area contributed by atoms with Crippen molar-refractivity contribution in [1.82, 2.24) is 19.6 Å². The Morgan fingerprint density at radius 3 is 3.17 bits per heavy atom. The van der Waals surface area contributed by atoms with Gasteiger partial charge in [0.2, 0.25) is 0 Å². The Morgan fingerprint density at radius 1 is 1.58 bits per heavy atom. The van der Waals surface area contributed by atoms with Crippen LogP contribution in [0, 0.1) is 0 Å². The maximum absolute atomic E-state index is 5.79. The molecule has 5 nitrogen and oxygen atoms in total. The number of nitrogens with zero attached hydrogens (tertiary/aromatic N) is 4. The summed E-state index contributed by atoms with van der Waals surface area (Å²) in [5.74, 6) is 0. The molecule has 0 saturated heterocycles. The van der Waals surface area contributed by atoms with Crippen molar-refractivity contribution in [2.45, 2.75) is 0 Å². The maximum Gasteiger partial charge on any atom is 0.303 e. The largest absolute Gasteiger partial charge is 0.468 e. The Morgan fingerprint density at radius 2 is 2.42 bits per heavy atom. The first-order valence-electron chi connectivity index (χ1n) is 3.21. The van der Waals surface area contributed by atoms with Crippen molar-refractivity contribution in [3.05, 3.63) is 17.5 Å². The average Bonchev–Trinajstić information content (AvgIpc) is 2.54. The minimum atomic E-state index is 0.416. The molecule has 0 radical (unpaired) electrons. The molecule has 2 heterocycles. The highest BCUT2D eigenvalue weighted by Gasteiger charge is 2.06. The van der Waals surface area contributed by atoms with Gasteiger partial charge in [-0.25, -0.2) is 9.38 Å². The molecule has 0 aliphatic heterocycles. The summed E-state index contributed by atoms with van der Waals surface area (Å²) in [6, 6.07) is 0.416. The third kappa shape index (κ3) is 0.902. The molecular weight excluding hydrogens is 180 g/mol. The third-order valence-electron chi connectivity index (χ3n) is 1.44. The van der Waals surface area contributed by atoms with Crippen LogP contribution in [0.4, 0.5) is 0 Å². The zero-order valence-corrected chi connectivity index (χ0v) is 6.99. The second-order valence-corrected chi connectivity index (χ2v) is 2.52. The van der Waals surface area contributed by atoms with E-state index in [0.29, 0.717) is 16.7 Å². The molecule has 0 aliphatic rings. The molecule has 62 valence electrons. The first-order chi connectivity index (χ1) is 5.83. The maximum atomic E-state index is 5.79. The number of halogens is 1. The third-order valence-corrected chi connectivity index (χ3v) is 1.70. The van der Waals surface area contributed by atoms with Gasteiger partial charge >= 0.3 is 6.01 Å². The number of rotatable bonds is 1. The zero-order chi connectivity index (χ0) is 8.55. The van der Waals surface area contributed by atoms with E-state index >= 15 is 0 Å². The van der Waals surface area contributed by atoms with Crippen LogP contribution in [0.5, 0.6) is 6.01 Å². The van der Waals surface area contributed by atoms with Crippen molar-refractivity contribution < 1.29 is 4.74 Å². The molecule has 12 heavy (non-hydrogen) atoms. The van der Waals surface area contributed by atoms with Gasteiger partial charge in [-0.2, -0.15) is 0 Å². The van der Waals surface area contributed by atoms with Gasteiger partial charge in [0.15, 0.2) is 5.65 Å². The molecule has 0 saturated carbocycles. The molecule has 2 rings (SSSR count). The van der Waals surface area contributed by atoms with Crippen molar-refractivity contribution in [2.24, 2.45) is 0 Å². The molecule has 0 aliphatic carbocycles. The lowest BCUT2D eigenvalue weighted by Crippen LogP contribution is -1.96. The summed E-state index contributed by atoms with van der Waals surface area (Å²) >= 11 is 5.79. The monoisotopic (exact) mass is 184 g/mol. The van der Waals surface area contributed by atoms with Crippen LogP contribution in [0.3, 0.4) is 0 Å². The van der Waals surface area contributed by atoms with Crippen molar-refractivity contribution in [3.63, 3.8) is 0 Å². The van der Waals surface area contributed by atoms with E-state index < -0.39 is 0 Å². The number of ether oxygens (including phenoxy) is 1. The number of aromatic nitrogens is 4. The highest BCUT2D eigenvalue weighted by Crippen LogP contribution is 2.17. The van der Waals surface area contributed by atoms with Crippen LogP contribution in [0.25, 0.3) is 5.65 Å². The summed E-state index contributed by atoms with van der Waals surface area (Å²) in [4.78, 5) is 3.93. The molecule has 0 fully saturated rings. The van der Waals surface area contributed by atoms with Gasteiger partial charge in [-0.15, -0.1) is 10.2 Å². The highest BCUT2D eigenvalue weighted by atomic mass is 35.5. The van der Waals surface area contributed by atoms with Crippen molar-refractivity contribution in [2.75, 3.05) is 7.11 Å². The first-order valence-corrected chi connectivity index (χ1v) is 3.59. The minimum Gasteiger partial charge on any atom is -0.468 e.